The lowest BCUT2D eigenvalue weighted by Gasteiger charge is -2.35. The van der Waals surface area contributed by atoms with Crippen molar-refractivity contribution in [3.05, 3.63) is 18.3 Å². The third-order valence-corrected chi connectivity index (χ3v) is 5.28. The van der Waals surface area contributed by atoms with E-state index in [-0.39, 0.29) is 42.0 Å². The first-order chi connectivity index (χ1) is 12.1. The summed E-state index contributed by atoms with van der Waals surface area (Å²) in [6.45, 7) is 2.25. The van der Waals surface area contributed by atoms with Gasteiger partial charge in [0.15, 0.2) is 0 Å². The summed E-state index contributed by atoms with van der Waals surface area (Å²) < 4.78 is 0. The molecule has 7 nitrogen and oxygen atoms in total. The highest BCUT2D eigenvalue weighted by Crippen LogP contribution is 2.38. The van der Waals surface area contributed by atoms with Crippen LogP contribution >= 0.6 is 24.8 Å². The van der Waals surface area contributed by atoms with E-state index >= 15 is 0 Å². The molecule has 1 aliphatic carbocycles. The van der Waals surface area contributed by atoms with Crippen molar-refractivity contribution in [1.29, 1.82) is 0 Å². The molecule has 2 heterocycles. The Balaban J connectivity index is 0.00000182. The Morgan fingerprint density at radius 3 is 2.59 bits per heavy atom. The number of nitrogens with two attached hydrogens (primary N) is 1. The number of hydrogen-bond donors (Lipinski definition) is 3. The van der Waals surface area contributed by atoms with Gasteiger partial charge in [0.2, 0.25) is 11.8 Å². The van der Waals surface area contributed by atoms with Crippen LogP contribution in [-0.2, 0) is 9.59 Å². The maximum absolute atomic E-state index is 12.4. The second-order valence-corrected chi connectivity index (χ2v) is 7.17. The summed E-state index contributed by atoms with van der Waals surface area (Å²) >= 11 is 0. The number of carbonyl (C=O) groups is 2. The van der Waals surface area contributed by atoms with Gasteiger partial charge >= 0.3 is 0 Å². The van der Waals surface area contributed by atoms with E-state index in [1.807, 2.05) is 17.0 Å². The Morgan fingerprint density at radius 2 is 2.00 bits per heavy atom. The Hall–Kier alpha value is -1.57. The van der Waals surface area contributed by atoms with Gasteiger partial charge in [-0.25, -0.2) is 4.98 Å². The molecule has 9 heteroatoms. The van der Waals surface area contributed by atoms with Crippen LogP contribution in [-0.4, -0.2) is 43.0 Å². The fraction of sp³-hybridized carbons (Fsp3) is 0.611. The van der Waals surface area contributed by atoms with Crippen molar-refractivity contribution in [1.82, 2.24) is 10.3 Å². The van der Waals surface area contributed by atoms with Crippen LogP contribution in [0.4, 0.5) is 11.5 Å². The minimum absolute atomic E-state index is 0. The number of aromatic nitrogens is 1. The molecule has 0 atom stereocenters. The molecule has 2 aliphatic rings. The van der Waals surface area contributed by atoms with E-state index in [1.54, 1.807) is 6.20 Å². The zero-order chi connectivity index (χ0) is 17.7. The summed E-state index contributed by atoms with van der Waals surface area (Å²) in [6.07, 6.45) is 7.74. The molecule has 152 valence electrons. The lowest BCUT2D eigenvalue weighted by molar-refractivity contribution is -0.120. The minimum Gasteiger partial charge on any atom is -0.353 e. The van der Waals surface area contributed by atoms with Gasteiger partial charge in [-0.1, -0.05) is 19.3 Å². The molecule has 0 radical (unpaired) electrons. The Morgan fingerprint density at radius 1 is 1.26 bits per heavy atom. The quantitative estimate of drug-likeness (QED) is 0.680. The number of nitrogens with one attached hydrogen (secondary N) is 2. The van der Waals surface area contributed by atoms with Crippen molar-refractivity contribution in [2.24, 2.45) is 11.1 Å². The second-order valence-electron chi connectivity index (χ2n) is 7.17. The average Bonchev–Trinajstić information content (AvgIpc) is 2.63. The van der Waals surface area contributed by atoms with Gasteiger partial charge in [0.1, 0.15) is 5.82 Å². The van der Waals surface area contributed by atoms with Crippen LogP contribution in [0.1, 0.15) is 38.5 Å². The van der Waals surface area contributed by atoms with E-state index in [1.165, 1.54) is 6.42 Å². The molecule has 0 spiro atoms. The van der Waals surface area contributed by atoms with E-state index in [2.05, 4.69) is 15.6 Å². The monoisotopic (exact) mass is 417 g/mol. The molecule has 27 heavy (non-hydrogen) atoms. The van der Waals surface area contributed by atoms with Gasteiger partial charge in [-0.3, -0.25) is 9.59 Å². The summed E-state index contributed by atoms with van der Waals surface area (Å²) in [6, 6.07) is 3.68. The van der Waals surface area contributed by atoms with Crippen molar-refractivity contribution < 1.29 is 9.59 Å². The van der Waals surface area contributed by atoms with E-state index in [9.17, 15) is 9.59 Å². The van der Waals surface area contributed by atoms with Crippen molar-refractivity contribution in [2.75, 3.05) is 36.4 Å². The third-order valence-electron chi connectivity index (χ3n) is 5.28. The highest BCUT2D eigenvalue weighted by atomic mass is 35.5. The first-order valence-electron chi connectivity index (χ1n) is 9.08. The Kier molecular flexibility index (Phi) is 9.29. The summed E-state index contributed by atoms with van der Waals surface area (Å²) in [5.41, 5.74) is 6.60. The maximum Gasteiger partial charge on any atom is 0.239 e. The number of rotatable bonds is 5. The van der Waals surface area contributed by atoms with Gasteiger partial charge in [0.25, 0.3) is 0 Å². The van der Waals surface area contributed by atoms with Crippen molar-refractivity contribution in [3.63, 3.8) is 0 Å². The topological polar surface area (TPSA) is 100 Å². The molecule has 0 aromatic carbocycles. The molecule has 1 aromatic heterocycles. The lowest BCUT2D eigenvalue weighted by Crippen LogP contribution is -2.48. The summed E-state index contributed by atoms with van der Waals surface area (Å²) in [7, 11) is 0. The molecule has 1 aromatic rings. The number of hydrogen-bond acceptors (Lipinski definition) is 5. The van der Waals surface area contributed by atoms with Gasteiger partial charge in [-0.2, -0.15) is 0 Å². The molecule has 0 bridgehead atoms. The van der Waals surface area contributed by atoms with Crippen molar-refractivity contribution >= 4 is 48.1 Å². The summed E-state index contributed by atoms with van der Waals surface area (Å²) in [4.78, 5) is 30.2. The summed E-state index contributed by atoms with van der Waals surface area (Å²) in [5, 5.41) is 5.72. The van der Waals surface area contributed by atoms with Crippen LogP contribution in [0.3, 0.4) is 0 Å². The Bertz CT molecular complexity index is 621. The first-order valence-corrected chi connectivity index (χ1v) is 9.08. The fourth-order valence-electron chi connectivity index (χ4n) is 3.78. The molecule has 1 saturated carbocycles. The number of carbonyl (C=O) groups excluding carboxylic acids is 2. The lowest BCUT2D eigenvalue weighted by atomic mass is 9.71. The average molecular weight is 418 g/mol. The number of pyridine rings is 1. The number of piperazine rings is 1. The molecular formula is C18H29Cl2N5O2. The molecule has 1 aliphatic heterocycles. The van der Waals surface area contributed by atoms with Crippen LogP contribution in [0.5, 0.6) is 0 Å². The van der Waals surface area contributed by atoms with Crippen LogP contribution in [0, 0.1) is 5.41 Å². The van der Waals surface area contributed by atoms with E-state index in [0.29, 0.717) is 31.7 Å². The van der Waals surface area contributed by atoms with E-state index in [4.69, 9.17) is 5.73 Å². The standard InChI is InChI=1S/C18H27N5O2.2ClH/c19-13-18(6-2-1-3-7-18)10-16(24)22-14-4-5-15(21-11-14)23-9-8-20-17(25)12-23;;/h4-5,11H,1-3,6-10,12-13,19H2,(H,20,25)(H,22,24);2*1H. The second kappa shape index (κ2) is 10.7. The molecule has 0 unspecified atom stereocenters. The zero-order valence-electron chi connectivity index (χ0n) is 15.4. The number of amides is 2. The SMILES string of the molecule is Cl.Cl.NCC1(CC(=O)Nc2ccc(N3CCNC(=O)C3)nc2)CCCCC1. The van der Waals surface area contributed by atoms with Crippen molar-refractivity contribution in [2.45, 2.75) is 38.5 Å². The van der Waals surface area contributed by atoms with E-state index < -0.39 is 0 Å². The smallest absolute Gasteiger partial charge is 0.239 e. The number of halogens is 2. The Labute approximate surface area is 172 Å². The molecular weight excluding hydrogens is 389 g/mol. The van der Waals surface area contributed by atoms with Gasteiger partial charge in [0.05, 0.1) is 18.4 Å². The zero-order valence-corrected chi connectivity index (χ0v) is 17.0. The molecule has 3 rings (SSSR count). The highest BCUT2D eigenvalue weighted by Gasteiger charge is 2.33. The molecule has 2 amide bonds. The van der Waals surface area contributed by atoms with Gasteiger partial charge in [0, 0.05) is 19.5 Å². The highest BCUT2D eigenvalue weighted by molar-refractivity contribution is 5.91. The van der Waals surface area contributed by atoms with Crippen LogP contribution in [0.2, 0.25) is 0 Å². The molecule has 4 N–H and O–H groups in total. The van der Waals surface area contributed by atoms with Crippen LogP contribution in [0.25, 0.3) is 0 Å². The maximum atomic E-state index is 12.4. The minimum atomic E-state index is -0.0448. The third kappa shape index (κ3) is 6.23. The number of anilines is 2. The van der Waals surface area contributed by atoms with Gasteiger partial charge < -0.3 is 21.3 Å². The fourth-order valence-corrected chi connectivity index (χ4v) is 3.78. The first kappa shape index (κ1) is 23.5. The van der Waals surface area contributed by atoms with E-state index in [0.717, 1.165) is 38.0 Å². The van der Waals surface area contributed by atoms with Crippen molar-refractivity contribution in [3.8, 4) is 0 Å². The van der Waals surface area contributed by atoms with Crippen LogP contribution < -0.4 is 21.3 Å². The van der Waals surface area contributed by atoms with Crippen LogP contribution in [0.15, 0.2) is 18.3 Å². The predicted octanol–water partition coefficient (Wildman–Crippen LogP) is 2.10. The van der Waals surface area contributed by atoms with Gasteiger partial charge in [-0.05, 0) is 36.9 Å². The summed E-state index contributed by atoms with van der Waals surface area (Å²) in [5.74, 6) is 0.753. The largest absolute Gasteiger partial charge is 0.353 e. The predicted molar refractivity (Wildman–Crippen MR) is 112 cm³/mol. The molecule has 2 fully saturated rings. The number of nitrogens with zero attached hydrogens (tertiary/aromatic N) is 2. The van der Waals surface area contributed by atoms with Gasteiger partial charge in [-0.15, -0.1) is 24.8 Å². The molecule has 1 saturated heterocycles. The normalized spacial score (nSPS) is 18.6.